The zero-order valence-electron chi connectivity index (χ0n) is 26.3. The zero-order valence-corrected chi connectivity index (χ0v) is 28.6. The molecule has 0 atom stereocenters. The summed E-state index contributed by atoms with van der Waals surface area (Å²) in [7, 11) is 0. The second kappa shape index (κ2) is 12.8. The fourth-order valence-electron chi connectivity index (χ4n) is 6.98. The number of phenolic OH excluding ortho intramolecular Hbond substituents is 1. The maximum atomic E-state index is 10.9. The number of fused-ring (bicyclic) bond motifs is 4. The van der Waals surface area contributed by atoms with Gasteiger partial charge in [0, 0.05) is 44.0 Å². The molecular formula is C43H29N4OPt-. The number of hydrogen-bond donors (Lipinski definition) is 1. The van der Waals surface area contributed by atoms with Crippen LogP contribution in [0.25, 0.3) is 72.9 Å². The van der Waals surface area contributed by atoms with Crippen molar-refractivity contribution >= 4 is 10.9 Å². The first kappa shape index (κ1) is 30.7. The summed E-state index contributed by atoms with van der Waals surface area (Å²) in [6.07, 6.45) is 5.62. The van der Waals surface area contributed by atoms with Crippen LogP contribution in [0.3, 0.4) is 0 Å². The van der Waals surface area contributed by atoms with E-state index in [4.69, 9.17) is 9.97 Å². The molecule has 6 heteroatoms. The number of imidazole rings is 1. The van der Waals surface area contributed by atoms with Crippen LogP contribution >= 0.6 is 0 Å². The molecule has 0 unspecified atom stereocenters. The molecule has 0 amide bonds. The van der Waals surface area contributed by atoms with Crippen LogP contribution in [0.5, 0.6) is 5.75 Å². The molecule has 0 bridgehead atoms. The smallest absolute Gasteiger partial charge is 0.125 e. The minimum Gasteiger partial charge on any atom is -0.507 e. The number of benzene rings is 5. The van der Waals surface area contributed by atoms with Gasteiger partial charge in [-0.05, 0) is 52.7 Å². The number of para-hydroxylation sites is 1. The van der Waals surface area contributed by atoms with E-state index in [1.165, 1.54) is 0 Å². The molecule has 3 aromatic heterocycles. The van der Waals surface area contributed by atoms with Gasteiger partial charge in [-0.15, -0.1) is 17.5 Å². The molecule has 0 fully saturated rings. The SMILES string of the molecule is Oc1cccc2c1-c1nc(-c3cn(-c4c(-c5ccccc5)cccc4-c4ccccc4)c(-c4cccc5ncc[c-]c45)n3)ccc1CC2.[Pt]. The van der Waals surface area contributed by atoms with Gasteiger partial charge in [-0.1, -0.05) is 127 Å². The standard InChI is InChI=1S/C43H29N4O.Pt/c48-39-21-7-15-30-22-23-31-24-25-37(45-41(31)40(30)39)38-27-47(43(46-38)35-18-9-20-36-34(35)19-10-26-44-36)42-32(28-11-3-1-4-12-28)16-8-17-33(42)29-13-5-2-6-14-29;/h1-18,20-21,24-27,48H,22-23H2;/q-1;. The van der Waals surface area contributed by atoms with Crippen LogP contribution in [0, 0.1) is 6.07 Å². The Hall–Kier alpha value is -5.64. The number of aromatic hydroxyl groups is 1. The molecule has 1 N–H and O–H groups in total. The first-order valence-electron chi connectivity index (χ1n) is 16.1. The molecule has 238 valence electrons. The first-order valence-corrected chi connectivity index (χ1v) is 16.1. The summed E-state index contributed by atoms with van der Waals surface area (Å²) in [5, 5.41) is 11.8. The summed E-state index contributed by atoms with van der Waals surface area (Å²) in [6.45, 7) is 0. The van der Waals surface area contributed by atoms with Crippen molar-refractivity contribution in [1.82, 2.24) is 19.5 Å². The molecule has 3 heterocycles. The van der Waals surface area contributed by atoms with E-state index >= 15 is 0 Å². The zero-order chi connectivity index (χ0) is 32.0. The minimum absolute atomic E-state index is 0. The Kier molecular flexibility index (Phi) is 7.99. The number of phenols is 1. The number of hydrogen-bond acceptors (Lipinski definition) is 4. The van der Waals surface area contributed by atoms with Crippen molar-refractivity contribution in [2.45, 2.75) is 12.8 Å². The van der Waals surface area contributed by atoms with Gasteiger partial charge in [-0.25, -0.2) is 9.97 Å². The second-order valence-corrected chi connectivity index (χ2v) is 12.1. The van der Waals surface area contributed by atoms with Gasteiger partial charge in [0.1, 0.15) is 17.3 Å². The van der Waals surface area contributed by atoms with Crippen molar-refractivity contribution in [2.75, 3.05) is 0 Å². The topological polar surface area (TPSA) is 63.8 Å². The van der Waals surface area contributed by atoms with E-state index in [1.807, 2.05) is 36.4 Å². The van der Waals surface area contributed by atoms with Crippen molar-refractivity contribution < 1.29 is 26.2 Å². The fourth-order valence-corrected chi connectivity index (χ4v) is 6.98. The van der Waals surface area contributed by atoms with Gasteiger partial charge < -0.3 is 14.7 Å². The molecule has 49 heavy (non-hydrogen) atoms. The number of pyridine rings is 2. The molecule has 0 spiro atoms. The van der Waals surface area contributed by atoms with E-state index in [0.29, 0.717) is 0 Å². The van der Waals surface area contributed by atoms with Gasteiger partial charge in [0.15, 0.2) is 0 Å². The van der Waals surface area contributed by atoms with Crippen LogP contribution < -0.4 is 0 Å². The Morgan fingerprint density at radius 3 is 2.04 bits per heavy atom. The van der Waals surface area contributed by atoms with E-state index in [9.17, 15) is 5.11 Å². The fraction of sp³-hybridized carbons (Fsp3) is 0.0465. The normalized spacial score (nSPS) is 11.8. The summed E-state index contributed by atoms with van der Waals surface area (Å²) in [5.74, 6) is 1.02. The molecular weight excluding hydrogens is 784 g/mol. The molecule has 0 saturated carbocycles. The molecule has 1 aliphatic rings. The van der Waals surface area contributed by atoms with Gasteiger partial charge in [0.05, 0.1) is 17.1 Å². The Balaban J connectivity index is 0.00000348. The number of aryl methyl sites for hydroxylation is 2. The largest absolute Gasteiger partial charge is 0.507 e. The second-order valence-electron chi connectivity index (χ2n) is 12.1. The average Bonchev–Trinajstić information content (AvgIpc) is 3.60. The monoisotopic (exact) mass is 812 g/mol. The minimum atomic E-state index is 0. The van der Waals surface area contributed by atoms with Crippen LogP contribution in [0.15, 0.2) is 146 Å². The quantitative estimate of drug-likeness (QED) is 0.176. The molecule has 0 aliphatic heterocycles. The maximum Gasteiger partial charge on any atom is 0.125 e. The summed E-state index contributed by atoms with van der Waals surface area (Å²) >= 11 is 0. The Labute approximate surface area is 298 Å². The van der Waals surface area contributed by atoms with E-state index in [0.717, 1.165) is 96.8 Å². The van der Waals surface area contributed by atoms with Gasteiger partial charge in [-0.3, -0.25) is 0 Å². The van der Waals surface area contributed by atoms with Gasteiger partial charge in [0.25, 0.3) is 0 Å². The van der Waals surface area contributed by atoms with Crippen molar-refractivity contribution in [2.24, 2.45) is 0 Å². The van der Waals surface area contributed by atoms with Crippen LogP contribution in [-0.4, -0.2) is 24.6 Å². The van der Waals surface area contributed by atoms with Crippen molar-refractivity contribution in [3.63, 3.8) is 0 Å². The molecule has 8 aromatic rings. The van der Waals surface area contributed by atoms with Crippen molar-refractivity contribution in [3.05, 3.63) is 163 Å². The maximum absolute atomic E-state index is 10.9. The molecule has 1 aliphatic carbocycles. The van der Waals surface area contributed by atoms with E-state index < -0.39 is 0 Å². The number of nitrogens with zero attached hydrogens (tertiary/aromatic N) is 4. The van der Waals surface area contributed by atoms with Crippen molar-refractivity contribution in [3.8, 4) is 67.7 Å². The third-order valence-corrected chi connectivity index (χ3v) is 9.22. The van der Waals surface area contributed by atoms with Crippen LogP contribution in [0.1, 0.15) is 11.1 Å². The summed E-state index contributed by atoms with van der Waals surface area (Å²) in [4.78, 5) is 15.2. The van der Waals surface area contributed by atoms with Crippen molar-refractivity contribution in [1.29, 1.82) is 0 Å². The molecule has 9 rings (SSSR count). The molecule has 5 nitrogen and oxygen atoms in total. The molecule has 5 aromatic carbocycles. The van der Waals surface area contributed by atoms with E-state index in [-0.39, 0.29) is 26.8 Å². The third-order valence-electron chi connectivity index (χ3n) is 9.22. The summed E-state index contributed by atoms with van der Waals surface area (Å²) in [6, 6.07) is 48.8. The van der Waals surface area contributed by atoms with Crippen LogP contribution in [-0.2, 0) is 33.9 Å². The van der Waals surface area contributed by atoms with E-state index in [2.05, 4.69) is 113 Å². The predicted octanol–water partition coefficient (Wildman–Crippen LogP) is 9.75. The Morgan fingerprint density at radius 2 is 1.29 bits per heavy atom. The average molecular weight is 813 g/mol. The first-order chi connectivity index (χ1) is 23.7. The molecule has 0 radical (unpaired) electrons. The van der Waals surface area contributed by atoms with Crippen LogP contribution in [0.4, 0.5) is 0 Å². The van der Waals surface area contributed by atoms with Gasteiger partial charge in [-0.2, -0.15) is 0 Å². The van der Waals surface area contributed by atoms with Gasteiger partial charge in [0.2, 0.25) is 0 Å². The summed E-state index contributed by atoms with van der Waals surface area (Å²) in [5.41, 5.74) is 12.5. The number of aromatic nitrogens is 4. The summed E-state index contributed by atoms with van der Waals surface area (Å²) < 4.78 is 2.21. The third kappa shape index (κ3) is 5.37. The Bertz CT molecular complexity index is 2410. The molecule has 0 saturated heterocycles. The van der Waals surface area contributed by atoms with Gasteiger partial charge >= 0.3 is 0 Å². The predicted molar refractivity (Wildman–Crippen MR) is 192 cm³/mol. The Morgan fingerprint density at radius 1 is 0.612 bits per heavy atom. The van der Waals surface area contributed by atoms with E-state index in [1.54, 1.807) is 12.3 Å². The van der Waals surface area contributed by atoms with Crippen LogP contribution in [0.2, 0.25) is 0 Å². The number of rotatable bonds is 5.